The van der Waals surface area contributed by atoms with E-state index in [0.29, 0.717) is 11.1 Å². The maximum absolute atomic E-state index is 12.1. The van der Waals surface area contributed by atoms with Gasteiger partial charge in [0.1, 0.15) is 16.4 Å². The SMILES string of the molecule is CN(CCS(C)(=O)=O)C(=O)c1cncc(C#CCO)c1. The predicted octanol–water partition coefficient (Wildman–Crippen LogP) is -0.458. The van der Waals surface area contributed by atoms with E-state index in [1.807, 2.05) is 0 Å². The molecule has 0 aliphatic carbocycles. The van der Waals surface area contributed by atoms with Crippen LogP contribution in [0, 0.1) is 11.8 Å². The van der Waals surface area contributed by atoms with E-state index in [9.17, 15) is 13.2 Å². The van der Waals surface area contributed by atoms with Gasteiger partial charge in [-0.3, -0.25) is 9.78 Å². The Kier molecular flexibility index (Phi) is 5.67. The first-order chi connectivity index (χ1) is 9.33. The number of hydrogen-bond acceptors (Lipinski definition) is 5. The minimum atomic E-state index is -3.11. The Morgan fingerprint density at radius 1 is 1.45 bits per heavy atom. The molecule has 0 unspecified atom stereocenters. The smallest absolute Gasteiger partial charge is 0.255 e. The fourth-order valence-corrected chi connectivity index (χ4v) is 2.00. The normalized spacial score (nSPS) is 10.6. The van der Waals surface area contributed by atoms with Crippen LogP contribution in [0.3, 0.4) is 0 Å². The van der Waals surface area contributed by atoms with E-state index in [0.717, 1.165) is 6.26 Å². The highest BCUT2D eigenvalue weighted by atomic mass is 32.2. The molecular formula is C13H16N2O4S. The van der Waals surface area contributed by atoms with Crippen LogP contribution in [0.15, 0.2) is 18.5 Å². The van der Waals surface area contributed by atoms with Gasteiger partial charge in [-0.1, -0.05) is 11.8 Å². The third kappa shape index (κ3) is 5.38. The molecule has 0 saturated carbocycles. The molecule has 1 N–H and O–H groups in total. The second kappa shape index (κ2) is 7.03. The Labute approximate surface area is 118 Å². The molecule has 0 aliphatic heterocycles. The lowest BCUT2D eigenvalue weighted by Crippen LogP contribution is -2.31. The van der Waals surface area contributed by atoms with Crippen molar-refractivity contribution in [2.24, 2.45) is 0 Å². The summed E-state index contributed by atoms with van der Waals surface area (Å²) in [6, 6.07) is 1.55. The molecule has 6 nitrogen and oxygen atoms in total. The highest BCUT2D eigenvalue weighted by Crippen LogP contribution is 2.05. The lowest BCUT2D eigenvalue weighted by Gasteiger charge is -2.16. The molecule has 0 bridgehead atoms. The molecule has 108 valence electrons. The Balaban J connectivity index is 2.81. The third-order valence-corrected chi connectivity index (χ3v) is 3.37. The van der Waals surface area contributed by atoms with Gasteiger partial charge in [-0.2, -0.15) is 0 Å². The van der Waals surface area contributed by atoms with E-state index in [1.54, 1.807) is 6.07 Å². The van der Waals surface area contributed by atoms with Crippen LogP contribution in [0.1, 0.15) is 15.9 Å². The van der Waals surface area contributed by atoms with Gasteiger partial charge in [0, 0.05) is 37.8 Å². The number of hydrogen-bond donors (Lipinski definition) is 1. The highest BCUT2D eigenvalue weighted by molar-refractivity contribution is 7.90. The summed E-state index contributed by atoms with van der Waals surface area (Å²) in [5, 5.41) is 8.61. The largest absolute Gasteiger partial charge is 0.384 e. The van der Waals surface area contributed by atoms with Crippen molar-refractivity contribution < 1.29 is 18.3 Å². The van der Waals surface area contributed by atoms with Crippen molar-refractivity contribution in [3.63, 3.8) is 0 Å². The van der Waals surface area contributed by atoms with E-state index < -0.39 is 9.84 Å². The number of amides is 1. The van der Waals surface area contributed by atoms with E-state index >= 15 is 0 Å². The van der Waals surface area contributed by atoms with Gasteiger partial charge >= 0.3 is 0 Å². The molecule has 0 saturated heterocycles. The van der Waals surface area contributed by atoms with Crippen LogP contribution in [0.4, 0.5) is 0 Å². The fraction of sp³-hybridized carbons (Fsp3) is 0.385. The van der Waals surface area contributed by atoms with Crippen molar-refractivity contribution in [3.8, 4) is 11.8 Å². The standard InChI is InChI=1S/C13H16N2O4S/c1-15(5-7-20(2,18)19)13(17)12-8-11(4-3-6-16)9-14-10-12/h8-10,16H,5-7H2,1-2H3. The molecule has 1 aromatic rings. The van der Waals surface area contributed by atoms with Crippen molar-refractivity contribution in [2.45, 2.75) is 0 Å². The Hall–Kier alpha value is -1.91. The Morgan fingerprint density at radius 3 is 2.75 bits per heavy atom. The average molecular weight is 296 g/mol. The summed E-state index contributed by atoms with van der Waals surface area (Å²) in [4.78, 5) is 17.3. The molecule has 1 aromatic heterocycles. The summed E-state index contributed by atoms with van der Waals surface area (Å²) in [7, 11) is -1.59. The van der Waals surface area contributed by atoms with Crippen molar-refractivity contribution in [1.29, 1.82) is 0 Å². The first kappa shape index (κ1) is 16.1. The number of nitrogens with zero attached hydrogens (tertiary/aromatic N) is 2. The summed E-state index contributed by atoms with van der Waals surface area (Å²) in [5.74, 6) is 4.71. The third-order valence-electron chi connectivity index (χ3n) is 2.44. The minimum absolute atomic E-state index is 0.0906. The Bertz CT molecular complexity index is 644. The van der Waals surface area contributed by atoms with Gasteiger partial charge in [0.2, 0.25) is 0 Å². The predicted molar refractivity (Wildman–Crippen MR) is 74.9 cm³/mol. The molecule has 1 heterocycles. The number of carbonyl (C=O) groups excluding carboxylic acids is 1. The van der Waals surface area contributed by atoms with Crippen LogP contribution in [-0.4, -0.2) is 61.5 Å². The quantitative estimate of drug-likeness (QED) is 0.760. The molecule has 0 fully saturated rings. The summed E-state index contributed by atoms with van der Waals surface area (Å²) >= 11 is 0. The number of pyridine rings is 1. The molecular weight excluding hydrogens is 280 g/mol. The molecule has 20 heavy (non-hydrogen) atoms. The van der Waals surface area contributed by atoms with Crippen molar-refractivity contribution in [1.82, 2.24) is 9.88 Å². The lowest BCUT2D eigenvalue weighted by molar-refractivity contribution is 0.0803. The summed E-state index contributed by atoms with van der Waals surface area (Å²) in [5.41, 5.74) is 0.840. The highest BCUT2D eigenvalue weighted by Gasteiger charge is 2.14. The maximum atomic E-state index is 12.1. The summed E-state index contributed by atoms with van der Waals surface area (Å²) in [6.07, 6.45) is 4.00. The monoisotopic (exact) mass is 296 g/mol. The fourth-order valence-electron chi connectivity index (χ4n) is 1.39. The molecule has 1 rings (SSSR count). The van der Waals surface area contributed by atoms with Gasteiger partial charge < -0.3 is 10.0 Å². The number of aliphatic hydroxyl groups excluding tert-OH is 1. The van der Waals surface area contributed by atoms with Crippen molar-refractivity contribution in [3.05, 3.63) is 29.6 Å². The summed E-state index contributed by atoms with van der Waals surface area (Å²) < 4.78 is 22.1. The molecule has 0 atom stereocenters. The summed E-state index contributed by atoms with van der Waals surface area (Å²) in [6.45, 7) is -0.156. The second-order valence-corrected chi connectivity index (χ2v) is 6.54. The zero-order valence-corrected chi connectivity index (χ0v) is 12.1. The molecule has 0 spiro atoms. The zero-order valence-electron chi connectivity index (χ0n) is 11.3. The number of sulfone groups is 1. The zero-order chi connectivity index (χ0) is 15.2. The van der Waals surface area contributed by atoms with Crippen LogP contribution >= 0.6 is 0 Å². The van der Waals surface area contributed by atoms with Crippen LogP contribution in [-0.2, 0) is 9.84 Å². The number of carbonyl (C=O) groups is 1. The number of rotatable bonds is 4. The maximum Gasteiger partial charge on any atom is 0.255 e. The molecule has 1 amide bonds. The first-order valence-electron chi connectivity index (χ1n) is 5.81. The van der Waals surface area contributed by atoms with Crippen LogP contribution < -0.4 is 0 Å². The second-order valence-electron chi connectivity index (χ2n) is 4.28. The van der Waals surface area contributed by atoms with E-state index in [2.05, 4.69) is 16.8 Å². The van der Waals surface area contributed by atoms with E-state index in [4.69, 9.17) is 5.11 Å². The van der Waals surface area contributed by atoms with Gasteiger partial charge in [0.15, 0.2) is 0 Å². The Morgan fingerprint density at radius 2 is 2.15 bits per heavy atom. The molecule has 0 radical (unpaired) electrons. The first-order valence-corrected chi connectivity index (χ1v) is 7.87. The average Bonchev–Trinajstić information content (AvgIpc) is 2.41. The van der Waals surface area contributed by atoms with Gasteiger partial charge in [-0.05, 0) is 6.07 Å². The van der Waals surface area contributed by atoms with E-state index in [1.165, 1.54) is 24.3 Å². The topological polar surface area (TPSA) is 87.6 Å². The number of aromatic nitrogens is 1. The molecule has 7 heteroatoms. The van der Waals surface area contributed by atoms with Crippen LogP contribution in [0.25, 0.3) is 0 Å². The lowest BCUT2D eigenvalue weighted by atomic mass is 10.2. The van der Waals surface area contributed by atoms with Crippen molar-refractivity contribution in [2.75, 3.05) is 32.2 Å². The van der Waals surface area contributed by atoms with Gasteiger partial charge in [0.25, 0.3) is 5.91 Å². The van der Waals surface area contributed by atoms with Gasteiger partial charge in [-0.15, -0.1) is 0 Å². The van der Waals surface area contributed by atoms with Crippen molar-refractivity contribution >= 4 is 15.7 Å². The molecule has 0 aromatic carbocycles. The minimum Gasteiger partial charge on any atom is -0.384 e. The number of aliphatic hydroxyl groups is 1. The van der Waals surface area contributed by atoms with Gasteiger partial charge in [0.05, 0.1) is 11.3 Å². The van der Waals surface area contributed by atoms with Crippen LogP contribution in [0.5, 0.6) is 0 Å². The molecule has 0 aliphatic rings. The van der Waals surface area contributed by atoms with Gasteiger partial charge in [-0.25, -0.2) is 8.42 Å². The van der Waals surface area contributed by atoms with E-state index in [-0.39, 0.29) is 24.8 Å². The van der Waals surface area contributed by atoms with Crippen LogP contribution in [0.2, 0.25) is 0 Å².